The Balaban J connectivity index is 2.25. The Morgan fingerprint density at radius 3 is 2.27 bits per heavy atom. The largest absolute Gasteiger partial charge is 0.505 e. The van der Waals surface area contributed by atoms with E-state index in [9.17, 15) is 32.3 Å². The molecule has 0 bridgehead atoms. The average molecular weight is 422 g/mol. The molecule has 3 aromatic rings. The number of nitrogens with two attached hydrogens (primary N) is 1. The molecular formula is C21H18F4N2O3. The van der Waals surface area contributed by atoms with Crippen LogP contribution in [0.25, 0.3) is 10.9 Å². The topological polar surface area (TPSA) is 85.3 Å². The van der Waals surface area contributed by atoms with Crippen molar-refractivity contribution in [1.29, 1.82) is 0 Å². The summed E-state index contributed by atoms with van der Waals surface area (Å²) in [6.07, 6.45) is -4.26. The average Bonchev–Trinajstić information content (AvgIpc) is 2.93. The Morgan fingerprint density at radius 1 is 1.17 bits per heavy atom. The first kappa shape index (κ1) is 21.4. The zero-order chi connectivity index (χ0) is 22.4. The van der Waals surface area contributed by atoms with Gasteiger partial charge in [-0.2, -0.15) is 13.2 Å². The van der Waals surface area contributed by atoms with Crippen molar-refractivity contribution in [3.8, 4) is 5.75 Å². The van der Waals surface area contributed by atoms with Crippen LogP contribution in [0.4, 0.5) is 17.6 Å². The Morgan fingerprint density at radius 2 is 1.77 bits per heavy atom. The van der Waals surface area contributed by atoms with Gasteiger partial charge in [0, 0.05) is 22.7 Å². The SMILES string of the molecule is CCC(C(N)=O)c1c(C)n(C(=O)c2ccc(C(F)(F)F)cc2)c2cc(F)c(O)cc12. The predicted molar refractivity (Wildman–Crippen MR) is 102 cm³/mol. The molecule has 1 unspecified atom stereocenters. The van der Waals surface area contributed by atoms with Crippen molar-refractivity contribution in [3.63, 3.8) is 0 Å². The van der Waals surface area contributed by atoms with Crippen molar-refractivity contribution in [2.75, 3.05) is 0 Å². The molecule has 3 N–H and O–H groups in total. The van der Waals surface area contributed by atoms with Crippen LogP contribution in [-0.2, 0) is 11.0 Å². The molecule has 1 atom stereocenters. The Labute approximate surface area is 168 Å². The molecule has 1 aromatic heterocycles. The third-order valence-corrected chi connectivity index (χ3v) is 5.08. The minimum Gasteiger partial charge on any atom is -0.505 e. The lowest BCUT2D eigenvalue weighted by Crippen LogP contribution is -2.22. The molecule has 0 aliphatic carbocycles. The molecule has 2 aromatic carbocycles. The third-order valence-electron chi connectivity index (χ3n) is 5.08. The molecule has 30 heavy (non-hydrogen) atoms. The number of aromatic hydroxyl groups is 1. The first-order valence-electron chi connectivity index (χ1n) is 9.02. The van der Waals surface area contributed by atoms with Gasteiger partial charge in [0.2, 0.25) is 5.91 Å². The molecule has 158 valence electrons. The van der Waals surface area contributed by atoms with Crippen molar-refractivity contribution in [3.05, 3.63) is 64.6 Å². The maximum Gasteiger partial charge on any atom is 0.416 e. The van der Waals surface area contributed by atoms with Crippen molar-refractivity contribution < 1.29 is 32.3 Å². The van der Waals surface area contributed by atoms with E-state index in [4.69, 9.17) is 5.73 Å². The number of hydrogen-bond acceptors (Lipinski definition) is 3. The fourth-order valence-electron chi connectivity index (χ4n) is 3.63. The first-order chi connectivity index (χ1) is 14.0. The number of alkyl halides is 3. The Bertz CT molecular complexity index is 1150. The fourth-order valence-corrected chi connectivity index (χ4v) is 3.63. The second kappa shape index (κ2) is 7.47. The molecule has 0 saturated carbocycles. The van der Waals surface area contributed by atoms with Gasteiger partial charge in [-0.3, -0.25) is 14.2 Å². The van der Waals surface area contributed by atoms with Gasteiger partial charge in [0.15, 0.2) is 11.6 Å². The van der Waals surface area contributed by atoms with Crippen LogP contribution in [0.2, 0.25) is 0 Å². The summed E-state index contributed by atoms with van der Waals surface area (Å²) in [7, 11) is 0. The fraction of sp³-hybridized carbons (Fsp3) is 0.238. The van der Waals surface area contributed by atoms with Gasteiger partial charge in [0.25, 0.3) is 5.91 Å². The predicted octanol–water partition coefficient (Wildman–Crippen LogP) is 4.48. The standard InChI is InChI=1S/C21H18F4N2O3/c1-3-13(19(26)29)18-10(2)27(16-9-15(22)17(28)8-14(16)18)20(30)11-4-6-12(7-5-11)21(23,24)25/h4-9,13,28H,3H2,1-2H3,(H2,26,29). The summed E-state index contributed by atoms with van der Waals surface area (Å²) in [5.41, 5.74) is 5.22. The molecule has 0 saturated heterocycles. The van der Waals surface area contributed by atoms with Gasteiger partial charge >= 0.3 is 6.18 Å². The maximum absolute atomic E-state index is 14.1. The van der Waals surface area contributed by atoms with E-state index in [0.717, 1.165) is 41.0 Å². The van der Waals surface area contributed by atoms with E-state index in [0.29, 0.717) is 12.0 Å². The minimum atomic E-state index is -4.55. The number of carbonyl (C=O) groups excluding carboxylic acids is 2. The highest BCUT2D eigenvalue weighted by molar-refractivity contribution is 6.05. The van der Waals surface area contributed by atoms with Crippen LogP contribution in [0.3, 0.4) is 0 Å². The summed E-state index contributed by atoms with van der Waals surface area (Å²) >= 11 is 0. The second-order valence-electron chi connectivity index (χ2n) is 6.90. The number of amides is 1. The number of aromatic nitrogens is 1. The van der Waals surface area contributed by atoms with Crippen molar-refractivity contribution in [1.82, 2.24) is 4.57 Å². The van der Waals surface area contributed by atoms with E-state index in [1.54, 1.807) is 6.92 Å². The number of benzene rings is 2. The zero-order valence-electron chi connectivity index (χ0n) is 16.0. The quantitative estimate of drug-likeness (QED) is 0.608. The molecular weight excluding hydrogens is 404 g/mol. The summed E-state index contributed by atoms with van der Waals surface area (Å²) in [6, 6.07) is 5.65. The van der Waals surface area contributed by atoms with E-state index in [-0.39, 0.29) is 22.2 Å². The van der Waals surface area contributed by atoms with Gasteiger partial charge in [-0.15, -0.1) is 0 Å². The lowest BCUT2D eigenvalue weighted by Gasteiger charge is -2.13. The summed E-state index contributed by atoms with van der Waals surface area (Å²) in [4.78, 5) is 25.1. The number of nitrogens with zero attached hydrogens (tertiary/aromatic N) is 1. The number of phenolic OH excluding ortho intramolecular Hbond substituents is 1. The van der Waals surface area contributed by atoms with Crippen LogP contribution >= 0.6 is 0 Å². The molecule has 9 heteroatoms. The van der Waals surface area contributed by atoms with Gasteiger partial charge in [-0.05, 0) is 49.2 Å². The number of primary amides is 1. The third kappa shape index (κ3) is 3.51. The van der Waals surface area contributed by atoms with E-state index < -0.39 is 41.0 Å². The van der Waals surface area contributed by atoms with Gasteiger partial charge < -0.3 is 10.8 Å². The van der Waals surface area contributed by atoms with Crippen LogP contribution < -0.4 is 5.73 Å². The number of rotatable bonds is 4. The molecule has 0 aliphatic heterocycles. The highest BCUT2D eigenvalue weighted by Gasteiger charge is 2.31. The molecule has 0 fully saturated rings. The summed E-state index contributed by atoms with van der Waals surface area (Å²) in [5, 5.41) is 10.1. The van der Waals surface area contributed by atoms with Gasteiger partial charge in [0.1, 0.15) is 0 Å². The van der Waals surface area contributed by atoms with Crippen LogP contribution in [0.15, 0.2) is 36.4 Å². The number of carbonyl (C=O) groups is 2. The summed E-state index contributed by atoms with van der Waals surface area (Å²) in [6.45, 7) is 3.23. The number of halogens is 4. The van der Waals surface area contributed by atoms with Crippen molar-refractivity contribution >= 4 is 22.7 Å². The lowest BCUT2D eigenvalue weighted by molar-refractivity contribution is -0.137. The van der Waals surface area contributed by atoms with Crippen LogP contribution in [0.1, 0.15) is 46.4 Å². The minimum absolute atomic E-state index is 0.0600. The van der Waals surface area contributed by atoms with Crippen molar-refractivity contribution in [2.45, 2.75) is 32.4 Å². The first-order valence-corrected chi connectivity index (χ1v) is 9.02. The Kier molecular flexibility index (Phi) is 5.32. The molecule has 0 aliphatic rings. The molecule has 1 amide bonds. The van der Waals surface area contributed by atoms with E-state index in [2.05, 4.69) is 0 Å². The van der Waals surface area contributed by atoms with Crippen molar-refractivity contribution in [2.24, 2.45) is 5.73 Å². The van der Waals surface area contributed by atoms with Gasteiger partial charge in [0.05, 0.1) is 17.0 Å². The molecule has 5 nitrogen and oxygen atoms in total. The molecule has 0 spiro atoms. The smallest absolute Gasteiger partial charge is 0.416 e. The molecule has 3 rings (SSSR count). The number of fused-ring (bicyclic) bond motifs is 1. The van der Waals surface area contributed by atoms with Crippen LogP contribution in [-0.4, -0.2) is 21.5 Å². The molecule has 1 heterocycles. The molecule has 0 radical (unpaired) electrons. The maximum atomic E-state index is 14.1. The van der Waals surface area contributed by atoms with Crippen LogP contribution in [0.5, 0.6) is 5.75 Å². The number of phenols is 1. The van der Waals surface area contributed by atoms with Gasteiger partial charge in [-0.25, -0.2) is 4.39 Å². The lowest BCUT2D eigenvalue weighted by atomic mass is 9.93. The Hall–Kier alpha value is -3.36. The second-order valence-corrected chi connectivity index (χ2v) is 6.90. The zero-order valence-corrected chi connectivity index (χ0v) is 16.0. The highest BCUT2D eigenvalue weighted by atomic mass is 19.4. The number of hydrogen-bond donors (Lipinski definition) is 2. The van der Waals surface area contributed by atoms with E-state index >= 15 is 0 Å². The highest BCUT2D eigenvalue weighted by Crippen LogP contribution is 2.37. The summed E-state index contributed by atoms with van der Waals surface area (Å²) in [5.74, 6) is -3.83. The van der Waals surface area contributed by atoms with Gasteiger partial charge in [-0.1, -0.05) is 6.92 Å². The summed E-state index contributed by atoms with van der Waals surface area (Å²) < 4.78 is 53.6. The van der Waals surface area contributed by atoms with E-state index in [1.165, 1.54) is 6.92 Å². The van der Waals surface area contributed by atoms with Crippen LogP contribution in [0, 0.1) is 12.7 Å². The monoisotopic (exact) mass is 422 g/mol. The normalized spacial score (nSPS) is 12.9. The van der Waals surface area contributed by atoms with E-state index in [1.807, 2.05) is 0 Å².